The molecule has 0 bridgehead atoms. The van der Waals surface area contributed by atoms with Crippen LogP contribution in [0.3, 0.4) is 0 Å². The molecule has 0 saturated heterocycles. The van der Waals surface area contributed by atoms with Gasteiger partial charge < -0.3 is 15.2 Å². The van der Waals surface area contributed by atoms with E-state index in [0.29, 0.717) is 6.54 Å². The van der Waals surface area contributed by atoms with E-state index in [1.54, 1.807) is 6.20 Å². The van der Waals surface area contributed by atoms with Gasteiger partial charge in [0.15, 0.2) is 0 Å². The molecular formula is C15H21N3O. The Morgan fingerprint density at radius 2 is 2.00 bits per heavy atom. The van der Waals surface area contributed by atoms with Gasteiger partial charge in [-0.1, -0.05) is 32.0 Å². The van der Waals surface area contributed by atoms with E-state index in [1.807, 2.05) is 24.3 Å². The van der Waals surface area contributed by atoms with Gasteiger partial charge in [0.1, 0.15) is 0 Å². The summed E-state index contributed by atoms with van der Waals surface area (Å²) in [6, 6.07) is 7.84. The lowest BCUT2D eigenvalue weighted by molar-refractivity contribution is 0.0950. The summed E-state index contributed by atoms with van der Waals surface area (Å²) >= 11 is 0. The fraction of sp³-hybridized carbons (Fsp3) is 0.400. The Kier molecular flexibility index (Phi) is 4.58. The lowest BCUT2D eigenvalue weighted by Crippen LogP contribution is -2.34. The van der Waals surface area contributed by atoms with Gasteiger partial charge >= 0.3 is 0 Å². The first-order valence-electron chi connectivity index (χ1n) is 6.83. The van der Waals surface area contributed by atoms with Crippen LogP contribution in [-0.4, -0.2) is 42.0 Å². The van der Waals surface area contributed by atoms with Gasteiger partial charge in [-0.05, 0) is 19.2 Å². The predicted octanol–water partition coefficient (Wildman–Crippen LogP) is 2.24. The summed E-state index contributed by atoms with van der Waals surface area (Å²) in [6.07, 6.45) is 1.78. The molecule has 0 aliphatic rings. The monoisotopic (exact) mass is 259 g/mol. The number of nitrogens with zero attached hydrogens (tertiary/aromatic N) is 1. The van der Waals surface area contributed by atoms with Crippen molar-refractivity contribution in [1.82, 2.24) is 15.2 Å². The van der Waals surface area contributed by atoms with Crippen LogP contribution in [0.1, 0.15) is 24.2 Å². The number of hydrogen-bond acceptors (Lipinski definition) is 2. The van der Waals surface area contributed by atoms with Crippen LogP contribution in [0.4, 0.5) is 0 Å². The van der Waals surface area contributed by atoms with E-state index in [1.165, 1.54) is 0 Å². The van der Waals surface area contributed by atoms with Crippen molar-refractivity contribution in [1.29, 1.82) is 0 Å². The van der Waals surface area contributed by atoms with E-state index in [0.717, 1.165) is 36.1 Å². The molecule has 1 aromatic heterocycles. The molecule has 1 heterocycles. The molecule has 2 N–H and O–H groups in total. The Hall–Kier alpha value is -1.81. The summed E-state index contributed by atoms with van der Waals surface area (Å²) in [6.45, 7) is 7.86. The van der Waals surface area contributed by atoms with Crippen LogP contribution in [0.2, 0.25) is 0 Å². The van der Waals surface area contributed by atoms with Crippen LogP contribution >= 0.6 is 0 Å². The summed E-state index contributed by atoms with van der Waals surface area (Å²) in [5, 5.41) is 3.95. The fourth-order valence-electron chi connectivity index (χ4n) is 2.22. The third-order valence-electron chi connectivity index (χ3n) is 3.44. The van der Waals surface area contributed by atoms with E-state index in [2.05, 4.69) is 29.0 Å². The first-order valence-corrected chi connectivity index (χ1v) is 6.83. The topological polar surface area (TPSA) is 48.1 Å². The molecule has 0 aliphatic carbocycles. The number of hydrogen-bond donors (Lipinski definition) is 2. The lowest BCUT2D eigenvalue weighted by Gasteiger charge is -2.17. The van der Waals surface area contributed by atoms with Gasteiger partial charge in [-0.25, -0.2) is 0 Å². The molecule has 0 unspecified atom stereocenters. The Labute approximate surface area is 113 Å². The molecular weight excluding hydrogens is 238 g/mol. The molecule has 4 nitrogen and oxygen atoms in total. The number of nitrogens with one attached hydrogen (secondary N) is 2. The number of aromatic nitrogens is 1. The van der Waals surface area contributed by atoms with Crippen LogP contribution < -0.4 is 5.32 Å². The highest BCUT2D eigenvalue weighted by Crippen LogP contribution is 2.17. The second kappa shape index (κ2) is 6.38. The number of H-pyrrole nitrogens is 1. The highest BCUT2D eigenvalue weighted by molar-refractivity contribution is 6.06. The summed E-state index contributed by atoms with van der Waals surface area (Å²) in [4.78, 5) is 17.5. The molecule has 0 atom stereocenters. The number of para-hydroxylation sites is 1. The van der Waals surface area contributed by atoms with Gasteiger partial charge in [0.2, 0.25) is 0 Å². The smallest absolute Gasteiger partial charge is 0.253 e. The molecule has 4 heteroatoms. The van der Waals surface area contributed by atoms with Gasteiger partial charge in [0.05, 0.1) is 5.56 Å². The van der Waals surface area contributed by atoms with Crippen molar-refractivity contribution in [2.75, 3.05) is 26.2 Å². The first kappa shape index (κ1) is 13.6. The Morgan fingerprint density at radius 3 is 2.74 bits per heavy atom. The Morgan fingerprint density at radius 1 is 1.26 bits per heavy atom. The summed E-state index contributed by atoms with van der Waals surface area (Å²) in [7, 11) is 0. The third-order valence-corrected chi connectivity index (χ3v) is 3.44. The number of likely N-dealkylation sites (N-methyl/N-ethyl adjacent to an activating group) is 1. The zero-order chi connectivity index (χ0) is 13.7. The first-order chi connectivity index (χ1) is 9.26. The SMILES string of the molecule is CCN(CC)CCNC(=O)c1c[nH]c2ccccc12. The van der Waals surface area contributed by atoms with Gasteiger partial charge in [-0.3, -0.25) is 4.79 Å². The number of rotatable bonds is 6. The maximum atomic E-state index is 12.1. The van der Waals surface area contributed by atoms with Crippen LogP contribution in [0.5, 0.6) is 0 Å². The Bertz CT molecular complexity index is 543. The van der Waals surface area contributed by atoms with Crippen molar-refractivity contribution in [3.8, 4) is 0 Å². The minimum atomic E-state index is -0.00962. The average Bonchev–Trinajstić information content (AvgIpc) is 2.87. The normalized spacial score (nSPS) is 11.1. The molecule has 2 aromatic rings. The Balaban J connectivity index is 1.97. The number of aromatic amines is 1. The molecule has 1 aromatic carbocycles. The standard InChI is InChI=1S/C15H21N3O/c1-3-18(4-2)10-9-16-15(19)13-11-17-14-8-6-5-7-12(13)14/h5-8,11,17H,3-4,9-10H2,1-2H3,(H,16,19). The van der Waals surface area contributed by atoms with Gasteiger partial charge in [-0.2, -0.15) is 0 Å². The average molecular weight is 259 g/mol. The van der Waals surface area contributed by atoms with Crippen molar-refractivity contribution >= 4 is 16.8 Å². The summed E-state index contributed by atoms with van der Waals surface area (Å²) in [5.41, 5.74) is 1.71. The number of benzene rings is 1. The van der Waals surface area contributed by atoms with Crippen molar-refractivity contribution < 1.29 is 4.79 Å². The van der Waals surface area contributed by atoms with Gasteiger partial charge in [0.25, 0.3) is 5.91 Å². The highest BCUT2D eigenvalue weighted by Gasteiger charge is 2.11. The molecule has 0 spiro atoms. The fourth-order valence-corrected chi connectivity index (χ4v) is 2.22. The minimum Gasteiger partial charge on any atom is -0.360 e. The number of carbonyl (C=O) groups is 1. The maximum absolute atomic E-state index is 12.1. The van der Waals surface area contributed by atoms with E-state index < -0.39 is 0 Å². The van der Waals surface area contributed by atoms with Crippen molar-refractivity contribution in [2.45, 2.75) is 13.8 Å². The predicted molar refractivity (Wildman–Crippen MR) is 78.4 cm³/mol. The highest BCUT2D eigenvalue weighted by atomic mass is 16.1. The molecule has 2 rings (SSSR count). The second-order valence-corrected chi connectivity index (χ2v) is 4.53. The minimum absolute atomic E-state index is 0.00962. The molecule has 102 valence electrons. The molecule has 0 aliphatic heterocycles. The van der Waals surface area contributed by atoms with Crippen LogP contribution in [0.25, 0.3) is 10.9 Å². The van der Waals surface area contributed by atoms with Gasteiger partial charge in [-0.15, -0.1) is 0 Å². The molecule has 19 heavy (non-hydrogen) atoms. The lowest BCUT2D eigenvalue weighted by atomic mass is 10.1. The summed E-state index contributed by atoms with van der Waals surface area (Å²) in [5.74, 6) is -0.00962. The number of amides is 1. The van der Waals surface area contributed by atoms with Gasteiger partial charge in [0, 0.05) is 30.2 Å². The van der Waals surface area contributed by atoms with Crippen LogP contribution in [0.15, 0.2) is 30.5 Å². The molecule has 0 radical (unpaired) electrons. The zero-order valence-electron chi connectivity index (χ0n) is 11.6. The van der Waals surface area contributed by atoms with Crippen molar-refractivity contribution in [3.63, 3.8) is 0 Å². The maximum Gasteiger partial charge on any atom is 0.253 e. The summed E-state index contributed by atoms with van der Waals surface area (Å²) < 4.78 is 0. The largest absolute Gasteiger partial charge is 0.360 e. The van der Waals surface area contributed by atoms with Crippen molar-refractivity contribution in [2.24, 2.45) is 0 Å². The number of fused-ring (bicyclic) bond motifs is 1. The second-order valence-electron chi connectivity index (χ2n) is 4.53. The third kappa shape index (κ3) is 3.15. The van der Waals surface area contributed by atoms with Crippen LogP contribution in [-0.2, 0) is 0 Å². The molecule has 0 fully saturated rings. The van der Waals surface area contributed by atoms with Crippen LogP contribution in [0, 0.1) is 0 Å². The molecule has 1 amide bonds. The quantitative estimate of drug-likeness (QED) is 0.836. The van der Waals surface area contributed by atoms with E-state index in [9.17, 15) is 4.79 Å². The van der Waals surface area contributed by atoms with E-state index in [-0.39, 0.29) is 5.91 Å². The number of carbonyl (C=O) groups excluding carboxylic acids is 1. The van der Waals surface area contributed by atoms with E-state index in [4.69, 9.17) is 0 Å². The van der Waals surface area contributed by atoms with Crippen molar-refractivity contribution in [3.05, 3.63) is 36.0 Å². The zero-order valence-corrected chi connectivity index (χ0v) is 11.6. The van der Waals surface area contributed by atoms with E-state index >= 15 is 0 Å². The molecule has 0 saturated carbocycles.